The summed E-state index contributed by atoms with van der Waals surface area (Å²) < 4.78 is 2.36. The van der Waals surface area contributed by atoms with E-state index in [-0.39, 0.29) is 0 Å². The lowest BCUT2D eigenvalue weighted by Gasteiger charge is -2.08. The molecule has 0 fully saturated rings. The molecule has 1 heterocycles. The molecule has 2 N–H and O–H groups in total. The van der Waals surface area contributed by atoms with E-state index in [9.17, 15) is 0 Å². The third-order valence-electron chi connectivity index (χ3n) is 3.27. The molecule has 17 heavy (non-hydrogen) atoms. The van der Waals surface area contributed by atoms with Gasteiger partial charge in [-0.2, -0.15) is 0 Å². The Morgan fingerprint density at radius 3 is 2.76 bits per heavy atom. The Morgan fingerprint density at radius 2 is 2.06 bits per heavy atom. The minimum Gasteiger partial charge on any atom is -0.347 e. The lowest BCUT2D eigenvalue weighted by Crippen LogP contribution is -2.03. The van der Waals surface area contributed by atoms with Crippen LogP contribution in [0.5, 0.6) is 0 Å². The van der Waals surface area contributed by atoms with Gasteiger partial charge >= 0.3 is 0 Å². The molecule has 0 radical (unpaired) electrons. The molecule has 2 rings (SSSR count). The van der Waals surface area contributed by atoms with E-state index in [1.54, 1.807) is 0 Å². The van der Waals surface area contributed by atoms with Gasteiger partial charge in [0.25, 0.3) is 0 Å². The number of nitrogens with zero attached hydrogens (tertiary/aromatic N) is 1. The Hall–Kier alpha value is -1.28. The molecule has 0 unspecified atom stereocenters. The lowest BCUT2D eigenvalue weighted by atomic mass is 10.1. The quantitative estimate of drug-likeness (QED) is 0.840. The highest BCUT2D eigenvalue weighted by molar-refractivity contribution is 5.83. The normalized spacial score (nSPS) is 11.5. The molecule has 0 aliphatic heterocycles. The van der Waals surface area contributed by atoms with E-state index in [2.05, 4.69) is 48.9 Å². The monoisotopic (exact) mass is 230 g/mol. The minimum atomic E-state index is 0.719. The van der Waals surface area contributed by atoms with Crippen LogP contribution in [0.3, 0.4) is 0 Å². The summed E-state index contributed by atoms with van der Waals surface area (Å²) in [4.78, 5) is 0. The fourth-order valence-electron chi connectivity index (χ4n) is 2.25. The number of fused-ring (bicyclic) bond motifs is 1. The number of nitrogens with two attached hydrogens (primary N) is 1. The summed E-state index contributed by atoms with van der Waals surface area (Å²) in [5.74, 6) is 0.750. The second-order valence-corrected chi connectivity index (χ2v) is 5.08. The molecule has 0 spiro atoms. The summed E-state index contributed by atoms with van der Waals surface area (Å²) in [6, 6.07) is 8.75. The van der Waals surface area contributed by atoms with Crippen molar-refractivity contribution in [2.24, 2.45) is 11.7 Å². The molecule has 2 aromatic rings. The molecule has 1 aromatic heterocycles. The van der Waals surface area contributed by atoms with Crippen molar-refractivity contribution < 1.29 is 0 Å². The average molecular weight is 230 g/mol. The molecule has 92 valence electrons. The van der Waals surface area contributed by atoms with Gasteiger partial charge in [0.05, 0.1) is 0 Å². The van der Waals surface area contributed by atoms with Gasteiger partial charge < -0.3 is 10.3 Å². The van der Waals surface area contributed by atoms with Gasteiger partial charge in [0.1, 0.15) is 0 Å². The molecule has 0 saturated carbocycles. The van der Waals surface area contributed by atoms with Crippen LogP contribution in [0.2, 0.25) is 0 Å². The van der Waals surface area contributed by atoms with Crippen molar-refractivity contribution in [3.63, 3.8) is 0 Å². The first-order valence-corrected chi connectivity index (χ1v) is 6.49. The third kappa shape index (κ3) is 2.70. The van der Waals surface area contributed by atoms with Crippen LogP contribution in [-0.2, 0) is 13.0 Å². The zero-order valence-corrected chi connectivity index (χ0v) is 10.8. The minimum absolute atomic E-state index is 0.719. The van der Waals surface area contributed by atoms with Gasteiger partial charge in [-0.15, -0.1) is 0 Å². The topological polar surface area (TPSA) is 30.9 Å². The van der Waals surface area contributed by atoms with E-state index in [4.69, 9.17) is 5.73 Å². The molecule has 0 saturated heterocycles. The van der Waals surface area contributed by atoms with Crippen molar-refractivity contribution in [1.29, 1.82) is 0 Å². The van der Waals surface area contributed by atoms with Gasteiger partial charge in [0.2, 0.25) is 0 Å². The maximum absolute atomic E-state index is 5.65. The Balaban J connectivity index is 2.30. The first-order valence-electron chi connectivity index (χ1n) is 6.49. The van der Waals surface area contributed by atoms with Gasteiger partial charge in [-0.25, -0.2) is 0 Å². The fourth-order valence-corrected chi connectivity index (χ4v) is 2.25. The molecule has 0 bridgehead atoms. The van der Waals surface area contributed by atoms with E-state index in [0.717, 1.165) is 25.4 Å². The van der Waals surface area contributed by atoms with Crippen LogP contribution in [0.1, 0.15) is 25.8 Å². The highest BCUT2D eigenvalue weighted by Crippen LogP contribution is 2.21. The first kappa shape index (κ1) is 12.2. The van der Waals surface area contributed by atoms with E-state index in [0.29, 0.717) is 0 Å². The summed E-state index contributed by atoms with van der Waals surface area (Å²) >= 11 is 0. The van der Waals surface area contributed by atoms with Crippen LogP contribution in [-0.4, -0.2) is 11.1 Å². The van der Waals surface area contributed by atoms with Crippen molar-refractivity contribution in [3.8, 4) is 0 Å². The summed E-state index contributed by atoms with van der Waals surface area (Å²) in [5, 5.41) is 1.36. The Kier molecular flexibility index (Phi) is 3.85. The molecule has 0 aliphatic rings. The number of benzene rings is 1. The van der Waals surface area contributed by atoms with Crippen molar-refractivity contribution in [3.05, 3.63) is 36.0 Å². The van der Waals surface area contributed by atoms with Gasteiger partial charge in [0.15, 0.2) is 0 Å². The molecule has 2 nitrogen and oxygen atoms in total. The van der Waals surface area contributed by atoms with Gasteiger partial charge in [-0.05, 0) is 43.0 Å². The predicted molar refractivity (Wildman–Crippen MR) is 74.2 cm³/mol. The Labute approximate surface area is 103 Å². The molecule has 0 amide bonds. The largest absolute Gasteiger partial charge is 0.347 e. The number of aryl methyl sites for hydroxylation is 1. The summed E-state index contributed by atoms with van der Waals surface area (Å²) in [5.41, 5.74) is 8.36. The number of hydrogen-bond acceptors (Lipinski definition) is 1. The van der Waals surface area contributed by atoms with Crippen LogP contribution in [0, 0.1) is 5.92 Å². The molecule has 0 atom stereocenters. The molecule has 0 aliphatic carbocycles. The maximum atomic E-state index is 5.65. The summed E-state index contributed by atoms with van der Waals surface area (Å²) in [6.45, 7) is 6.36. The van der Waals surface area contributed by atoms with Crippen molar-refractivity contribution in [2.75, 3.05) is 6.54 Å². The highest BCUT2D eigenvalue weighted by atomic mass is 14.9. The maximum Gasteiger partial charge on any atom is 0.0483 e. The SMILES string of the molecule is CC(C)CCn1ccc2c(CCN)cccc21. The second-order valence-electron chi connectivity index (χ2n) is 5.08. The van der Waals surface area contributed by atoms with Gasteiger partial charge in [-0.3, -0.25) is 0 Å². The van der Waals surface area contributed by atoms with E-state index in [1.165, 1.54) is 22.9 Å². The number of aromatic nitrogens is 1. The predicted octanol–water partition coefficient (Wildman–Crippen LogP) is 3.19. The number of hydrogen-bond donors (Lipinski definition) is 1. The van der Waals surface area contributed by atoms with Crippen LogP contribution < -0.4 is 5.73 Å². The number of rotatable bonds is 5. The molecular formula is C15H22N2. The van der Waals surface area contributed by atoms with Gasteiger partial charge in [0, 0.05) is 23.6 Å². The second kappa shape index (κ2) is 5.37. The van der Waals surface area contributed by atoms with Crippen LogP contribution in [0.25, 0.3) is 10.9 Å². The third-order valence-corrected chi connectivity index (χ3v) is 3.27. The van der Waals surface area contributed by atoms with Crippen LogP contribution >= 0.6 is 0 Å². The van der Waals surface area contributed by atoms with E-state index < -0.39 is 0 Å². The van der Waals surface area contributed by atoms with Crippen molar-refractivity contribution in [1.82, 2.24) is 4.57 Å². The first-order chi connectivity index (χ1) is 8.22. The van der Waals surface area contributed by atoms with E-state index in [1.807, 2.05) is 0 Å². The Morgan fingerprint density at radius 1 is 1.24 bits per heavy atom. The van der Waals surface area contributed by atoms with Crippen LogP contribution in [0.4, 0.5) is 0 Å². The zero-order chi connectivity index (χ0) is 12.3. The zero-order valence-electron chi connectivity index (χ0n) is 10.8. The van der Waals surface area contributed by atoms with E-state index >= 15 is 0 Å². The fraction of sp³-hybridized carbons (Fsp3) is 0.467. The molecular weight excluding hydrogens is 208 g/mol. The average Bonchev–Trinajstić information content (AvgIpc) is 2.71. The summed E-state index contributed by atoms with van der Waals surface area (Å²) in [7, 11) is 0. The highest BCUT2D eigenvalue weighted by Gasteiger charge is 2.05. The van der Waals surface area contributed by atoms with Crippen molar-refractivity contribution in [2.45, 2.75) is 33.2 Å². The Bertz CT molecular complexity index is 483. The summed E-state index contributed by atoms with van der Waals surface area (Å²) in [6.07, 6.45) is 4.39. The molecule has 1 aromatic carbocycles. The molecule has 2 heteroatoms. The van der Waals surface area contributed by atoms with Gasteiger partial charge in [-0.1, -0.05) is 26.0 Å². The van der Waals surface area contributed by atoms with Crippen LogP contribution in [0.15, 0.2) is 30.5 Å². The lowest BCUT2D eigenvalue weighted by molar-refractivity contribution is 0.524. The van der Waals surface area contributed by atoms with Crippen molar-refractivity contribution >= 4 is 10.9 Å². The smallest absolute Gasteiger partial charge is 0.0483 e. The standard InChI is InChI=1S/C15H22N2/c1-12(2)7-10-17-11-8-14-13(6-9-16)4-3-5-15(14)17/h3-5,8,11-12H,6-7,9-10,16H2,1-2H3.